The topological polar surface area (TPSA) is 96.4 Å². The number of carbonyl (C=O) groups is 3. The van der Waals surface area contributed by atoms with Crippen LogP contribution in [-0.2, 0) is 20.9 Å². The van der Waals surface area contributed by atoms with E-state index in [9.17, 15) is 19.5 Å². The molecule has 1 aliphatic rings. The number of rotatable bonds is 12. The molecular weight excluding hydrogens is 460 g/mol. The Morgan fingerprint density at radius 1 is 1.12 bits per heavy atom. The van der Waals surface area contributed by atoms with Crippen molar-refractivity contribution >= 4 is 29.4 Å². The van der Waals surface area contributed by atoms with E-state index in [2.05, 4.69) is 0 Å². The van der Waals surface area contributed by atoms with Gasteiger partial charge in [0.15, 0.2) is 11.5 Å². The molecule has 1 heterocycles. The first-order valence-electron chi connectivity index (χ1n) is 11.2. The van der Waals surface area contributed by atoms with Gasteiger partial charge in [-0.25, -0.2) is 0 Å². The smallest absolute Gasteiger partial charge is 0.325 e. The molecule has 2 aromatic rings. The van der Waals surface area contributed by atoms with Crippen LogP contribution in [0.2, 0.25) is 5.02 Å². The molecule has 1 unspecified atom stereocenters. The lowest BCUT2D eigenvalue weighted by Crippen LogP contribution is -2.34. The van der Waals surface area contributed by atoms with E-state index in [-0.39, 0.29) is 37.8 Å². The summed E-state index contributed by atoms with van der Waals surface area (Å²) in [7, 11) is 1.52. The predicted octanol–water partition coefficient (Wildman–Crippen LogP) is 3.91. The molecule has 9 heteroatoms. The first-order valence-corrected chi connectivity index (χ1v) is 11.6. The SMILES string of the molecule is CCCN(Cc1ccc(OCCN2C(=O)CCC2=O)c(OC)c1)C(C(=O)O)c1ccc(Cl)cc1. The number of halogens is 1. The van der Waals surface area contributed by atoms with Crippen molar-refractivity contribution in [2.75, 3.05) is 26.8 Å². The predicted molar refractivity (Wildman–Crippen MR) is 127 cm³/mol. The fraction of sp³-hybridized carbons (Fsp3) is 0.400. The normalized spacial score (nSPS) is 14.5. The van der Waals surface area contributed by atoms with Crippen LogP contribution in [0.1, 0.15) is 43.4 Å². The number of aliphatic carboxylic acids is 1. The quantitative estimate of drug-likeness (QED) is 0.452. The second-order valence-corrected chi connectivity index (χ2v) is 8.47. The fourth-order valence-corrected chi connectivity index (χ4v) is 4.15. The van der Waals surface area contributed by atoms with E-state index >= 15 is 0 Å². The van der Waals surface area contributed by atoms with Gasteiger partial charge in [-0.05, 0) is 48.4 Å². The number of carboxylic acids is 1. The number of imide groups is 1. The summed E-state index contributed by atoms with van der Waals surface area (Å²) in [5.74, 6) is -0.318. The van der Waals surface area contributed by atoms with Gasteiger partial charge in [0, 0.05) is 24.4 Å². The van der Waals surface area contributed by atoms with Gasteiger partial charge >= 0.3 is 5.97 Å². The van der Waals surface area contributed by atoms with Crippen LogP contribution in [0, 0.1) is 0 Å². The summed E-state index contributed by atoms with van der Waals surface area (Å²) in [6.45, 7) is 3.32. The van der Waals surface area contributed by atoms with Crippen molar-refractivity contribution in [1.29, 1.82) is 0 Å². The molecule has 8 nitrogen and oxygen atoms in total. The van der Waals surface area contributed by atoms with Crippen LogP contribution in [0.4, 0.5) is 0 Å². The van der Waals surface area contributed by atoms with Crippen LogP contribution in [0.3, 0.4) is 0 Å². The van der Waals surface area contributed by atoms with E-state index in [1.165, 1.54) is 12.0 Å². The lowest BCUT2D eigenvalue weighted by Gasteiger charge is -2.29. The maximum Gasteiger partial charge on any atom is 0.325 e. The average Bonchev–Trinajstić information content (AvgIpc) is 3.13. The molecule has 182 valence electrons. The number of likely N-dealkylation sites (tertiary alicyclic amines) is 1. The Bertz CT molecular complexity index is 1010. The highest BCUT2D eigenvalue weighted by Crippen LogP contribution is 2.31. The van der Waals surface area contributed by atoms with Crippen molar-refractivity contribution in [2.24, 2.45) is 0 Å². The Balaban J connectivity index is 1.73. The molecule has 0 saturated carbocycles. The molecule has 0 aromatic heterocycles. The minimum Gasteiger partial charge on any atom is -0.493 e. The molecule has 2 amide bonds. The van der Waals surface area contributed by atoms with Crippen LogP contribution < -0.4 is 9.47 Å². The lowest BCUT2D eigenvalue weighted by atomic mass is 10.0. The Morgan fingerprint density at radius 3 is 2.38 bits per heavy atom. The van der Waals surface area contributed by atoms with E-state index in [1.54, 1.807) is 30.3 Å². The molecule has 0 bridgehead atoms. The Hall–Kier alpha value is -3.10. The number of methoxy groups -OCH3 is 1. The molecule has 2 aromatic carbocycles. The summed E-state index contributed by atoms with van der Waals surface area (Å²) < 4.78 is 11.2. The van der Waals surface area contributed by atoms with Crippen LogP contribution in [0.15, 0.2) is 42.5 Å². The minimum absolute atomic E-state index is 0.160. The second-order valence-electron chi connectivity index (χ2n) is 8.04. The summed E-state index contributed by atoms with van der Waals surface area (Å²) >= 11 is 5.98. The van der Waals surface area contributed by atoms with Crippen LogP contribution in [-0.4, -0.2) is 59.5 Å². The Morgan fingerprint density at radius 2 is 1.79 bits per heavy atom. The van der Waals surface area contributed by atoms with E-state index < -0.39 is 12.0 Å². The molecule has 34 heavy (non-hydrogen) atoms. The molecule has 1 saturated heterocycles. The molecule has 1 atom stereocenters. The second kappa shape index (κ2) is 11.9. The first-order chi connectivity index (χ1) is 16.3. The van der Waals surface area contributed by atoms with E-state index in [0.29, 0.717) is 35.2 Å². The van der Waals surface area contributed by atoms with Gasteiger partial charge in [0.05, 0.1) is 13.7 Å². The summed E-state index contributed by atoms with van der Waals surface area (Å²) in [5.41, 5.74) is 1.52. The van der Waals surface area contributed by atoms with Crippen molar-refractivity contribution < 1.29 is 29.0 Å². The number of amides is 2. The third-order valence-corrected chi connectivity index (χ3v) is 5.89. The number of hydrogen-bond donors (Lipinski definition) is 1. The van der Waals surface area contributed by atoms with Gasteiger partial charge in [-0.3, -0.25) is 24.2 Å². The van der Waals surface area contributed by atoms with Crippen molar-refractivity contribution in [2.45, 2.75) is 38.8 Å². The number of benzene rings is 2. The summed E-state index contributed by atoms with van der Waals surface area (Å²) in [6, 6.07) is 11.4. The molecule has 0 spiro atoms. The highest BCUT2D eigenvalue weighted by atomic mass is 35.5. The van der Waals surface area contributed by atoms with Crippen LogP contribution in [0.25, 0.3) is 0 Å². The van der Waals surface area contributed by atoms with Crippen molar-refractivity contribution in [3.05, 3.63) is 58.6 Å². The molecule has 1 N–H and O–H groups in total. The fourth-order valence-electron chi connectivity index (χ4n) is 4.02. The molecule has 0 radical (unpaired) electrons. The maximum atomic E-state index is 12.2. The average molecular weight is 489 g/mol. The lowest BCUT2D eigenvalue weighted by molar-refractivity contribution is -0.144. The molecule has 3 rings (SSSR count). The van der Waals surface area contributed by atoms with Crippen LogP contribution >= 0.6 is 11.6 Å². The number of carboxylic acid groups (broad SMARTS) is 1. The summed E-state index contributed by atoms with van der Waals surface area (Å²) in [4.78, 5) is 38.8. The van der Waals surface area contributed by atoms with Crippen LogP contribution in [0.5, 0.6) is 11.5 Å². The first kappa shape index (κ1) is 25.5. The van der Waals surface area contributed by atoms with Gasteiger partial charge in [0.2, 0.25) is 11.8 Å². The zero-order valence-corrected chi connectivity index (χ0v) is 20.1. The molecule has 0 aliphatic carbocycles. The number of carbonyl (C=O) groups excluding carboxylic acids is 2. The minimum atomic E-state index is -0.936. The van der Waals surface area contributed by atoms with Gasteiger partial charge < -0.3 is 14.6 Å². The van der Waals surface area contributed by atoms with Gasteiger partial charge in [0.25, 0.3) is 0 Å². The number of nitrogens with zero attached hydrogens (tertiary/aromatic N) is 2. The summed E-state index contributed by atoms with van der Waals surface area (Å²) in [5, 5.41) is 10.5. The standard InChI is InChI=1S/C25H29ClN2O6/c1-3-12-27(24(25(31)32)18-5-7-19(26)8-6-18)16-17-4-9-20(21(15-17)33-2)34-14-13-28-22(29)10-11-23(28)30/h4-9,15,24H,3,10-14,16H2,1-2H3,(H,31,32). The largest absolute Gasteiger partial charge is 0.493 e. The van der Waals surface area contributed by atoms with Crippen molar-refractivity contribution in [1.82, 2.24) is 9.80 Å². The van der Waals surface area contributed by atoms with Crippen molar-refractivity contribution in [3.63, 3.8) is 0 Å². The van der Waals surface area contributed by atoms with Crippen molar-refractivity contribution in [3.8, 4) is 11.5 Å². The Kier molecular flexibility index (Phi) is 8.90. The van der Waals surface area contributed by atoms with Gasteiger partial charge in [-0.15, -0.1) is 0 Å². The highest BCUT2D eigenvalue weighted by molar-refractivity contribution is 6.30. The van der Waals surface area contributed by atoms with E-state index in [0.717, 1.165) is 12.0 Å². The Labute approximate surface area is 204 Å². The molecule has 1 aliphatic heterocycles. The monoisotopic (exact) mass is 488 g/mol. The van der Waals surface area contributed by atoms with E-state index in [4.69, 9.17) is 21.1 Å². The third-order valence-electron chi connectivity index (χ3n) is 5.64. The zero-order chi connectivity index (χ0) is 24.7. The molecule has 1 fully saturated rings. The summed E-state index contributed by atoms with van der Waals surface area (Å²) in [6.07, 6.45) is 1.28. The van der Waals surface area contributed by atoms with Gasteiger partial charge in [-0.2, -0.15) is 0 Å². The number of hydrogen-bond acceptors (Lipinski definition) is 6. The third kappa shape index (κ3) is 6.27. The van der Waals surface area contributed by atoms with E-state index in [1.807, 2.05) is 24.0 Å². The zero-order valence-electron chi connectivity index (χ0n) is 19.3. The number of ether oxygens (including phenoxy) is 2. The molecular formula is C25H29ClN2O6. The van der Waals surface area contributed by atoms with Gasteiger partial charge in [-0.1, -0.05) is 36.7 Å². The van der Waals surface area contributed by atoms with Gasteiger partial charge in [0.1, 0.15) is 12.6 Å². The highest BCUT2D eigenvalue weighted by Gasteiger charge is 2.29. The maximum absolute atomic E-state index is 12.2.